The largest absolute Gasteiger partial charge is 0.480 e. The molecule has 12 nitrogen and oxygen atoms in total. The van der Waals surface area contributed by atoms with Crippen LogP contribution < -0.4 is 10.6 Å². The van der Waals surface area contributed by atoms with E-state index in [1.807, 2.05) is 48.2 Å². The van der Waals surface area contributed by atoms with Crippen molar-refractivity contribution in [1.82, 2.24) is 20.4 Å². The number of esters is 1. The number of morpholine rings is 1. The third-order valence-electron chi connectivity index (χ3n) is 8.31. The highest BCUT2D eigenvalue weighted by molar-refractivity contribution is 5.94. The summed E-state index contributed by atoms with van der Waals surface area (Å²) in [6.07, 6.45) is 2.11. The Bertz CT molecular complexity index is 1360. The second-order valence-electron chi connectivity index (χ2n) is 13.4. The van der Waals surface area contributed by atoms with Crippen LogP contribution in [0.25, 0.3) is 0 Å². The summed E-state index contributed by atoms with van der Waals surface area (Å²) in [6, 6.07) is 15.0. The van der Waals surface area contributed by atoms with E-state index in [2.05, 4.69) is 10.6 Å². The van der Waals surface area contributed by atoms with E-state index < -0.39 is 54.0 Å². The molecule has 268 valence electrons. The molecule has 0 aliphatic carbocycles. The highest BCUT2D eigenvalue weighted by Gasteiger charge is 2.37. The van der Waals surface area contributed by atoms with Crippen LogP contribution in [-0.2, 0) is 46.3 Å². The van der Waals surface area contributed by atoms with Crippen LogP contribution in [0.1, 0.15) is 64.5 Å². The lowest BCUT2D eigenvalue weighted by Gasteiger charge is -2.35. The zero-order valence-corrected chi connectivity index (χ0v) is 29.2. The molecule has 0 saturated carbocycles. The molecule has 0 bridgehead atoms. The molecule has 49 heavy (non-hydrogen) atoms. The standard InChI is InChI=1S/C37H52N4O8/c1-5-6-17-31(33(43)39-30(35(45)46)24-28-15-11-8-12-16-28)41(26-49-36(47)37(2,3)4)34(44)29(19-18-27-13-9-7-10-14-27)38-32(42)25-40-20-22-48-23-21-40/h7-16,29-31H,5-6,17-26H2,1-4H3,(H,38,42)(H,39,43)(H,45,46). The van der Waals surface area contributed by atoms with Crippen molar-refractivity contribution >= 4 is 29.7 Å². The van der Waals surface area contributed by atoms with E-state index in [1.54, 1.807) is 45.0 Å². The Labute approximate surface area is 289 Å². The van der Waals surface area contributed by atoms with Crippen LogP contribution in [0.3, 0.4) is 0 Å². The molecule has 0 aromatic heterocycles. The third kappa shape index (κ3) is 13.3. The lowest BCUT2D eigenvalue weighted by Crippen LogP contribution is -2.59. The second-order valence-corrected chi connectivity index (χ2v) is 13.4. The number of aliphatic carboxylic acids is 1. The normalized spacial score (nSPS) is 15.3. The molecule has 3 N–H and O–H groups in total. The van der Waals surface area contributed by atoms with Gasteiger partial charge in [0.15, 0.2) is 6.73 Å². The smallest absolute Gasteiger partial charge is 0.326 e. The number of amides is 3. The summed E-state index contributed by atoms with van der Waals surface area (Å²) in [6.45, 7) is 8.67. The summed E-state index contributed by atoms with van der Waals surface area (Å²) in [5.41, 5.74) is 0.786. The SMILES string of the molecule is CCCCC(C(=O)NC(Cc1ccccc1)C(=O)O)N(COC(=O)C(C)(C)C)C(=O)C(CCc1ccccc1)NC(=O)CN1CCOCC1. The van der Waals surface area contributed by atoms with Crippen molar-refractivity contribution in [3.05, 3.63) is 71.8 Å². The van der Waals surface area contributed by atoms with Gasteiger partial charge in [-0.15, -0.1) is 0 Å². The molecule has 3 atom stereocenters. The molecule has 2 aromatic rings. The first-order valence-corrected chi connectivity index (χ1v) is 17.1. The number of nitrogens with one attached hydrogen (secondary N) is 2. The summed E-state index contributed by atoms with van der Waals surface area (Å²) < 4.78 is 11.0. The monoisotopic (exact) mass is 680 g/mol. The van der Waals surface area contributed by atoms with E-state index in [0.717, 1.165) is 11.1 Å². The van der Waals surface area contributed by atoms with Crippen molar-refractivity contribution in [2.45, 2.75) is 84.3 Å². The van der Waals surface area contributed by atoms with Gasteiger partial charge in [-0.05, 0) is 51.2 Å². The maximum Gasteiger partial charge on any atom is 0.326 e. The minimum atomic E-state index is -1.27. The van der Waals surface area contributed by atoms with Crippen LogP contribution in [0.4, 0.5) is 0 Å². The number of carbonyl (C=O) groups excluding carboxylic acids is 4. The Morgan fingerprint density at radius 1 is 0.898 bits per heavy atom. The van der Waals surface area contributed by atoms with Gasteiger partial charge in [-0.1, -0.05) is 80.4 Å². The van der Waals surface area contributed by atoms with Gasteiger partial charge in [0.1, 0.15) is 18.1 Å². The van der Waals surface area contributed by atoms with E-state index in [4.69, 9.17) is 9.47 Å². The average Bonchev–Trinajstić information content (AvgIpc) is 3.08. The van der Waals surface area contributed by atoms with Crippen LogP contribution in [0.15, 0.2) is 60.7 Å². The number of carboxylic acid groups (broad SMARTS) is 1. The van der Waals surface area contributed by atoms with E-state index in [1.165, 1.54) is 4.90 Å². The molecule has 0 radical (unpaired) electrons. The quantitative estimate of drug-likeness (QED) is 0.159. The number of aryl methyl sites for hydroxylation is 1. The summed E-state index contributed by atoms with van der Waals surface area (Å²) in [4.78, 5) is 70.3. The number of benzene rings is 2. The number of nitrogens with zero attached hydrogens (tertiary/aromatic N) is 2. The van der Waals surface area contributed by atoms with Gasteiger partial charge in [0.05, 0.1) is 25.2 Å². The summed E-state index contributed by atoms with van der Waals surface area (Å²) in [7, 11) is 0. The van der Waals surface area contributed by atoms with Crippen molar-refractivity contribution in [3.63, 3.8) is 0 Å². The molecule has 1 saturated heterocycles. The molecule has 1 aliphatic rings. The van der Waals surface area contributed by atoms with E-state index >= 15 is 0 Å². The average molecular weight is 681 g/mol. The van der Waals surface area contributed by atoms with Crippen molar-refractivity contribution in [1.29, 1.82) is 0 Å². The van der Waals surface area contributed by atoms with Gasteiger partial charge in [-0.2, -0.15) is 0 Å². The van der Waals surface area contributed by atoms with Crippen LogP contribution in [0, 0.1) is 5.41 Å². The van der Waals surface area contributed by atoms with E-state index in [0.29, 0.717) is 45.6 Å². The minimum absolute atomic E-state index is 0.0344. The second kappa shape index (κ2) is 19.6. The number of hydrogen-bond acceptors (Lipinski definition) is 8. The van der Waals surface area contributed by atoms with Gasteiger partial charge in [0.25, 0.3) is 0 Å². The predicted molar refractivity (Wildman–Crippen MR) is 184 cm³/mol. The predicted octanol–water partition coefficient (Wildman–Crippen LogP) is 3.18. The van der Waals surface area contributed by atoms with Crippen molar-refractivity contribution < 1.29 is 38.6 Å². The van der Waals surface area contributed by atoms with Crippen LogP contribution in [-0.4, -0.2) is 102 Å². The molecule has 0 spiro atoms. The van der Waals surface area contributed by atoms with Crippen LogP contribution >= 0.6 is 0 Å². The van der Waals surface area contributed by atoms with Crippen LogP contribution in [0.5, 0.6) is 0 Å². The molecule has 2 aromatic carbocycles. The maximum absolute atomic E-state index is 14.6. The zero-order valence-electron chi connectivity index (χ0n) is 29.2. The first-order valence-electron chi connectivity index (χ1n) is 17.1. The zero-order chi connectivity index (χ0) is 35.8. The van der Waals surface area contributed by atoms with Gasteiger partial charge in [0, 0.05) is 19.5 Å². The lowest BCUT2D eigenvalue weighted by molar-refractivity contribution is -0.166. The summed E-state index contributed by atoms with van der Waals surface area (Å²) >= 11 is 0. The minimum Gasteiger partial charge on any atom is -0.480 e. The topological polar surface area (TPSA) is 155 Å². The summed E-state index contributed by atoms with van der Waals surface area (Å²) in [5.74, 6) is -3.44. The molecule has 1 fully saturated rings. The molecule has 1 heterocycles. The number of ether oxygens (including phenoxy) is 2. The van der Waals surface area contributed by atoms with Gasteiger partial charge in [-0.3, -0.25) is 29.0 Å². The Kier molecular flexibility index (Phi) is 15.7. The van der Waals surface area contributed by atoms with Gasteiger partial charge < -0.3 is 25.2 Å². The van der Waals surface area contributed by atoms with E-state index in [9.17, 15) is 29.1 Å². The fraction of sp³-hybridized carbons (Fsp3) is 0.541. The Morgan fingerprint density at radius 2 is 1.51 bits per heavy atom. The molecule has 1 aliphatic heterocycles. The number of carbonyl (C=O) groups is 5. The van der Waals surface area contributed by atoms with E-state index in [-0.39, 0.29) is 31.7 Å². The maximum atomic E-state index is 14.6. The highest BCUT2D eigenvalue weighted by atomic mass is 16.5. The molecular weight excluding hydrogens is 628 g/mol. The lowest BCUT2D eigenvalue weighted by atomic mass is 9.97. The number of hydrogen-bond donors (Lipinski definition) is 3. The fourth-order valence-corrected chi connectivity index (χ4v) is 5.41. The van der Waals surface area contributed by atoms with Crippen molar-refractivity contribution in [3.8, 4) is 0 Å². The Hall–Kier alpha value is -4.29. The molecule has 3 amide bonds. The molecule has 12 heteroatoms. The van der Waals surface area contributed by atoms with Crippen molar-refractivity contribution in [2.24, 2.45) is 5.41 Å². The van der Waals surface area contributed by atoms with Crippen molar-refractivity contribution in [2.75, 3.05) is 39.6 Å². The molecule has 3 rings (SSSR count). The van der Waals surface area contributed by atoms with Gasteiger partial charge >= 0.3 is 11.9 Å². The van der Waals surface area contributed by atoms with Crippen LogP contribution in [0.2, 0.25) is 0 Å². The highest BCUT2D eigenvalue weighted by Crippen LogP contribution is 2.19. The fourth-order valence-electron chi connectivity index (χ4n) is 5.41. The first kappa shape index (κ1) is 39.2. The molecule has 3 unspecified atom stereocenters. The number of carboxylic acids is 1. The summed E-state index contributed by atoms with van der Waals surface area (Å²) in [5, 5.41) is 15.6. The Morgan fingerprint density at radius 3 is 2.08 bits per heavy atom. The van der Waals surface area contributed by atoms with Gasteiger partial charge in [0.2, 0.25) is 17.7 Å². The number of unbranched alkanes of at least 4 members (excludes halogenated alkanes) is 1. The van der Waals surface area contributed by atoms with Gasteiger partial charge in [-0.25, -0.2) is 4.79 Å². The first-order chi connectivity index (χ1) is 23.4. The Balaban J connectivity index is 1.94. The third-order valence-corrected chi connectivity index (χ3v) is 8.31. The number of rotatable bonds is 18. The molecular formula is C37H52N4O8.